The molecule has 0 spiro atoms. The van der Waals surface area contributed by atoms with Gasteiger partial charge in [-0.25, -0.2) is 0 Å². The first-order chi connectivity index (χ1) is 8.11. The van der Waals surface area contributed by atoms with Crippen molar-refractivity contribution in [3.63, 3.8) is 0 Å². The number of ether oxygens (including phenoxy) is 1. The number of anilines is 1. The first-order valence-electron chi connectivity index (χ1n) is 6.21. The van der Waals surface area contributed by atoms with Gasteiger partial charge in [0.2, 0.25) is 5.88 Å². The second-order valence-corrected chi connectivity index (χ2v) is 4.56. The summed E-state index contributed by atoms with van der Waals surface area (Å²) in [7, 11) is 0. The lowest BCUT2D eigenvalue weighted by atomic mass is 10.0. The lowest BCUT2D eigenvalue weighted by Gasteiger charge is -2.15. The van der Waals surface area contributed by atoms with Gasteiger partial charge >= 0.3 is 0 Å². The molecule has 0 fully saturated rings. The number of nitrogens with zero attached hydrogens (tertiary/aromatic N) is 1. The van der Waals surface area contributed by atoms with Gasteiger partial charge in [-0.3, -0.25) is 0 Å². The van der Waals surface area contributed by atoms with Crippen molar-refractivity contribution in [2.75, 3.05) is 18.5 Å². The van der Waals surface area contributed by atoms with E-state index in [1.165, 1.54) is 0 Å². The highest BCUT2D eigenvalue weighted by Crippen LogP contribution is 2.11. The summed E-state index contributed by atoms with van der Waals surface area (Å²) in [5.74, 6) is 2.08. The molecule has 0 amide bonds. The van der Waals surface area contributed by atoms with Crippen LogP contribution in [0.15, 0.2) is 18.2 Å². The van der Waals surface area contributed by atoms with Crippen molar-refractivity contribution in [1.82, 2.24) is 4.98 Å². The number of rotatable bonds is 7. The number of hydrogen-bond acceptors (Lipinski definition) is 4. The molecule has 0 aliphatic carbocycles. The average Bonchev–Trinajstić information content (AvgIpc) is 2.26. The number of nitrogens with two attached hydrogens (primary N) is 1. The number of pyridine rings is 1. The smallest absolute Gasteiger partial charge is 0.215 e. The highest BCUT2D eigenvalue weighted by atomic mass is 16.5. The van der Waals surface area contributed by atoms with Gasteiger partial charge in [0, 0.05) is 18.7 Å². The van der Waals surface area contributed by atoms with Crippen molar-refractivity contribution >= 4 is 5.82 Å². The second kappa shape index (κ2) is 7.12. The van der Waals surface area contributed by atoms with Crippen LogP contribution in [-0.4, -0.2) is 24.2 Å². The van der Waals surface area contributed by atoms with Crippen LogP contribution in [0.4, 0.5) is 5.82 Å². The van der Waals surface area contributed by atoms with Gasteiger partial charge in [0.05, 0.1) is 6.61 Å². The lowest BCUT2D eigenvalue weighted by Crippen LogP contribution is -2.30. The first kappa shape index (κ1) is 13.8. The molecule has 0 radical (unpaired) electrons. The third kappa shape index (κ3) is 5.54. The van der Waals surface area contributed by atoms with E-state index in [0.717, 1.165) is 18.8 Å². The zero-order chi connectivity index (χ0) is 12.7. The fraction of sp³-hybridized carbons (Fsp3) is 0.615. The molecule has 0 saturated carbocycles. The van der Waals surface area contributed by atoms with Gasteiger partial charge in [0.1, 0.15) is 5.82 Å². The zero-order valence-electron chi connectivity index (χ0n) is 10.9. The maximum Gasteiger partial charge on any atom is 0.215 e. The molecular weight excluding hydrogens is 214 g/mol. The number of nitrogens with one attached hydrogen (secondary N) is 1. The van der Waals surface area contributed by atoms with Gasteiger partial charge in [-0.2, -0.15) is 4.98 Å². The van der Waals surface area contributed by atoms with E-state index in [2.05, 4.69) is 24.1 Å². The molecule has 96 valence electrons. The van der Waals surface area contributed by atoms with Gasteiger partial charge in [-0.15, -0.1) is 0 Å². The summed E-state index contributed by atoms with van der Waals surface area (Å²) >= 11 is 0. The van der Waals surface area contributed by atoms with Crippen LogP contribution in [0.1, 0.15) is 27.2 Å². The Morgan fingerprint density at radius 1 is 1.41 bits per heavy atom. The van der Waals surface area contributed by atoms with E-state index in [1.807, 2.05) is 25.1 Å². The molecule has 4 nitrogen and oxygen atoms in total. The normalized spacial score (nSPS) is 12.5. The van der Waals surface area contributed by atoms with E-state index in [1.54, 1.807) is 0 Å². The highest BCUT2D eigenvalue weighted by molar-refractivity contribution is 5.37. The zero-order valence-corrected chi connectivity index (χ0v) is 10.9. The molecule has 3 N–H and O–H groups in total. The third-order valence-electron chi connectivity index (χ3n) is 2.34. The van der Waals surface area contributed by atoms with Crippen molar-refractivity contribution in [3.8, 4) is 5.88 Å². The van der Waals surface area contributed by atoms with Crippen LogP contribution in [0, 0.1) is 5.92 Å². The fourth-order valence-electron chi connectivity index (χ4n) is 1.67. The molecule has 1 unspecified atom stereocenters. The first-order valence-corrected chi connectivity index (χ1v) is 6.21. The topological polar surface area (TPSA) is 60.2 Å². The van der Waals surface area contributed by atoms with Crippen LogP contribution in [-0.2, 0) is 0 Å². The number of aromatic nitrogens is 1. The lowest BCUT2D eigenvalue weighted by molar-refractivity contribution is 0.327. The Balaban J connectivity index is 2.43. The van der Waals surface area contributed by atoms with Crippen molar-refractivity contribution in [2.24, 2.45) is 11.7 Å². The molecule has 1 heterocycles. The Labute approximate surface area is 104 Å². The molecule has 1 aromatic heterocycles. The monoisotopic (exact) mass is 237 g/mol. The molecule has 0 aliphatic heterocycles. The van der Waals surface area contributed by atoms with Crippen LogP contribution in [0.5, 0.6) is 5.88 Å². The number of hydrogen-bond donors (Lipinski definition) is 2. The average molecular weight is 237 g/mol. The van der Waals surface area contributed by atoms with Gasteiger partial charge in [0.15, 0.2) is 0 Å². The molecule has 17 heavy (non-hydrogen) atoms. The SMILES string of the molecule is CCOc1cccc(NCC(N)CC(C)C)n1. The van der Waals surface area contributed by atoms with Crippen molar-refractivity contribution in [1.29, 1.82) is 0 Å². The van der Waals surface area contributed by atoms with Crippen molar-refractivity contribution < 1.29 is 4.74 Å². The molecule has 1 rings (SSSR count). The molecule has 0 bridgehead atoms. The summed E-state index contributed by atoms with van der Waals surface area (Å²) in [5, 5.41) is 3.23. The Morgan fingerprint density at radius 2 is 2.18 bits per heavy atom. The van der Waals surface area contributed by atoms with Gasteiger partial charge < -0.3 is 15.8 Å². The maximum absolute atomic E-state index is 6.00. The second-order valence-electron chi connectivity index (χ2n) is 4.56. The van der Waals surface area contributed by atoms with Crippen LogP contribution in [0.3, 0.4) is 0 Å². The molecule has 1 atom stereocenters. The Hall–Kier alpha value is -1.29. The largest absolute Gasteiger partial charge is 0.478 e. The predicted molar refractivity (Wildman–Crippen MR) is 71.3 cm³/mol. The van der Waals surface area contributed by atoms with E-state index in [0.29, 0.717) is 18.4 Å². The van der Waals surface area contributed by atoms with Crippen LogP contribution in [0.25, 0.3) is 0 Å². The molecule has 1 aromatic rings. The highest BCUT2D eigenvalue weighted by Gasteiger charge is 2.05. The van der Waals surface area contributed by atoms with Crippen molar-refractivity contribution in [2.45, 2.75) is 33.2 Å². The van der Waals surface area contributed by atoms with E-state index in [-0.39, 0.29) is 6.04 Å². The fourth-order valence-corrected chi connectivity index (χ4v) is 1.67. The molecule has 0 aliphatic rings. The summed E-state index contributed by atoms with van der Waals surface area (Å²) < 4.78 is 5.34. The van der Waals surface area contributed by atoms with E-state index in [9.17, 15) is 0 Å². The van der Waals surface area contributed by atoms with Crippen LogP contribution in [0.2, 0.25) is 0 Å². The van der Waals surface area contributed by atoms with Crippen LogP contribution >= 0.6 is 0 Å². The van der Waals surface area contributed by atoms with E-state index in [4.69, 9.17) is 10.5 Å². The quantitative estimate of drug-likeness (QED) is 0.763. The Kier molecular flexibility index (Phi) is 5.77. The van der Waals surface area contributed by atoms with Crippen molar-refractivity contribution in [3.05, 3.63) is 18.2 Å². The summed E-state index contributed by atoms with van der Waals surface area (Å²) in [6.07, 6.45) is 1.01. The summed E-state index contributed by atoms with van der Waals surface area (Å²) in [6.45, 7) is 7.66. The molecule has 4 heteroatoms. The minimum atomic E-state index is 0.160. The van der Waals surface area contributed by atoms with E-state index < -0.39 is 0 Å². The summed E-state index contributed by atoms with van der Waals surface area (Å²) in [4.78, 5) is 4.32. The minimum Gasteiger partial charge on any atom is -0.478 e. The predicted octanol–water partition coefficient (Wildman–Crippen LogP) is 2.27. The molecule has 0 saturated heterocycles. The summed E-state index contributed by atoms with van der Waals surface area (Å²) in [5.41, 5.74) is 6.00. The molecule has 0 aromatic carbocycles. The van der Waals surface area contributed by atoms with Gasteiger partial charge in [0.25, 0.3) is 0 Å². The molecular formula is C13H23N3O. The van der Waals surface area contributed by atoms with Gasteiger partial charge in [-0.05, 0) is 25.3 Å². The Morgan fingerprint density at radius 3 is 2.82 bits per heavy atom. The Bertz CT molecular complexity index is 328. The summed E-state index contributed by atoms with van der Waals surface area (Å²) in [6, 6.07) is 5.86. The third-order valence-corrected chi connectivity index (χ3v) is 2.34. The van der Waals surface area contributed by atoms with Crippen LogP contribution < -0.4 is 15.8 Å². The van der Waals surface area contributed by atoms with E-state index >= 15 is 0 Å². The minimum absolute atomic E-state index is 0.160. The van der Waals surface area contributed by atoms with Gasteiger partial charge in [-0.1, -0.05) is 19.9 Å². The maximum atomic E-state index is 6.00. The standard InChI is InChI=1S/C13H23N3O/c1-4-17-13-7-5-6-12(16-13)15-9-11(14)8-10(2)3/h5-7,10-11H,4,8-9,14H2,1-3H3,(H,15,16).